The van der Waals surface area contributed by atoms with Crippen LogP contribution in [0.2, 0.25) is 10.0 Å². The number of nitrogens with zero attached hydrogens (tertiary/aromatic N) is 2. The van der Waals surface area contributed by atoms with Crippen LogP contribution in [0.4, 0.5) is 0 Å². The summed E-state index contributed by atoms with van der Waals surface area (Å²) in [5.41, 5.74) is 1.52. The third-order valence-corrected chi connectivity index (χ3v) is 6.98. The lowest BCUT2D eigenvalue weighted by molar-refractivity contribution is -0.133. The van der Waals surface area contributed by atoms with Crippen LogP contribution in [0, 0.1) is 6.92 Å². The molecule has 0 saturated carbocycles. The molecule has 0 radical (unpaired) electrons. The lowest BCUT2D eigenvalue weighted by atomic mass is 10.1. The summed E-state index contributed by atoms with van der Waals surface area (Å²) >= 11 is 12.2. The number of hydrogen-bond acceptors (Lipinski definition) is 4. The smallest absolute Gasteiger partial charge is 0.254 e. The second-order valence-electron chi connectivity index (χ2n) is 9.01. The van der Waals surface area contributed by atoms with E-state index < -0.39 is 0 Å². The van der Waals surface area contributed by atoms with Crippen LogP contribution in [0.25, 0.3) is 0 Å². The van der Waals surface area contributed by atoms with E-state index in [9.17, 15) is 9.59 Å². The first-order valence-corrected chi connectivity index (χ1v) is 12.9. The Labute approximate surface area is 221 Å². The zero-order chi connectivity index (χ0) is 25.5. The van der Waals surface area contributed by atoms with Crippen LogP contribution in [-0.4, -0.2) is 54.0 Å². The molecule has 0 unspecified atom stereocenters. The molecule has 1 atom stereocenters. The van der Waals surface area contributed by atoms with Gasteiger partial charge in [-0.3, -0.25) is 9.59 Å². The molecule has 1 aliphatic rings. The van der Waals surface area contributed by atoms with Crippen LogP contribution >= 0.6 is 23.2 Å². The van der Waals surface area contributed by atoms with Crippen molar-refractivity contribution in [2.75, 3.05) is 26.2 Å². The van der Waals surface area contributed by atoms with Crippen molar-refractivity contribution >= 4 is 35.0 Å². The Bertz CT molecular complexity index is 1180. The number of aryl methyl sites for hydroxylation is 1. The Hall–Kier alpha value is -2.80. The number of carbonyl (C=O) groups excluding carboxylic acids is 2. The summed E-state index contributed by atoms with van der Waals surface area (Å²) in [5, 5.41) is 0.666. The van der Waals surface area contributed by atoms with Gasteiger partial charge in [-0.05, 0) is 62.1 Å². The van der Waals surface area contributed by atoms with Gasteiger partial charge in [-0.2, -0.15) is 0 Å². The largest absolute Gasteiger partial charge is 0.464 e. The SMILES string of the molecule is Cc1ccc(CN(CCc2ccccc2)C(=O)CN(C[C@H]2CCCO2)C(=O)c2ccc(Cl)c(Cl)c2)o1. The molecule has 1 aliphatic heterocycles. The van der Waals surface area contributed by atoms with E-state index in [1.807, 2.05) is 49.4 Å². The van der Waals surface area contributed by atoms with Crippen molar-refractivity contribution in [3.63, 3.8) is 0 Å². The lowest BCUT2D eigenvalue weighted by Crippen LogP contribution is -2.46. The molecule has 2 amide bonds. The quantitative estimate of drug-likeness (QED) is 0.334. The molecule has 0 spiro atoms. The molecule has 1 fully saturated rings. The first-order chi connectivity index (χ1) is 17.4. The van der Waals surface area contributed by atoms with Gasteiger partial charge in [0.05, 0.1) is 22.7 Å². The van der Waals surface area contributed by atoms with Crippen LogP contribution in [0.5, 0.6) is 0 Å². The molecule has 4 rings (SSSR count). The number of hydrogen-bond donors (Lipinski definition) is 0. The van der Waals surface area contributed by atoms with Crippen molar-refractivity contribution in [1.29, 1.82) is 0 Å². The zero-order valence-electron chi connectivity index (χ0n) is 20.3. The topological polar surface area (TPSA) is 63.0 Å². The monoisotopic (exact) mass is 528 g/mol. The minimum atomic E-state index is -0.283. The second kappa shape index (κ2) is 12.4. The van der Waals surface area contributed by atoms with Gasteiger partial charge in [0.2, 0.25) is 5.91 Å². The summed E-state index contributed by atoms with van der Waals surface area (Å²) in [4.78, 5) is 30.4. The fraction of sp³-hybridized carbons (Fsp3) is 0.357. The molecule has 8 heteroatoms. The van der Waals surface area contributed by atoms with Crippen LogP contribution in [0.15, 0.2) is 65.1 Å². The average molecular weight is 529 g/mol. The van der Waals surface area contributed by atoms with Crippen molar-refractivity contribution in [3.8, 4) is 0 Å². The fourth-order valence-corrected chi connectivity index (χ4v) is 4.59. The molecule has 2 aromatic carbocycles. The number of carbonyl (C=O) groups is 2. The van der Waals surface area contributed by atoms with Gasteiger partial charge in [-0.15, -0.1) is 0 Å². The molecule has 190 valence electrons. The maximum atomic E-state index is 13.6. The summed E-state index contributed by atoms with van der Waals surface area (Å²) in [6, 6.07) is 18.5. The Morgan fingerprint density at radius 3 is 2.47 bits per heavy atom. The minimum absolute atomic E-state index is 0.0760. The van der Waals surface area contributed by atoms with E-state index in [0.717, 1.165) is 24.2 Å². The maximum absolute atomic E-state index is 13.6. The van der Waals surface area contributed by atoms with E-state index in [0.29, 0.717) is 54.0 Å². The molecule has 0 N–H and O–H groups in total. The maximum Gasteiger partial charge on any atom is 0.254 e. The molecule has 3 aromatic rings. The lowest BCUT2D eigenvalue weighted by Gasteiger charge is -2.29. The number of halogens is 2. The predicted octanol–water partition coefficient (Wildman–Crippen LogP) is 5.79. The average Bonchev–Trinajstić information content (AvgIpc) is 3.54. The second-order valence-corrected chi connectivity index (χ2v) is 9.83. The van der Waals surface area contributed by atoms with E-state index in [2.05, 4.69) is 0 Å². The standard InChI is InChI=1S/C28H30Cl2N2O4/c1-20-9-11-24(36-20)18-31(14-13-21-6-3-2-4-7-21)27(33)19-32(17-23-8-5-15-35-23)28(34)22-10-12-25(29)26(30)16-22/h2-4,6-7,9-12,16,23H,5,8,13-15,17-19H2,1H3/t23-/m1/s1. The zero-order valence-corrected chi connectivity index (χ0v) is 21.8. The van der Waals surface area contributed by atoms with Crippen LogP contribution in [0.3, 0.4) is 0 Å². The fourth-order valence-electron chi connectivity index (χ4n) is 4.29. The van der Waals surface area contributed by atoms with Gasteiger partial charge in [-0.25, -0.2) is 0 Å². The number of benzene rings is 2. The molecular formula is C28H30Cl2N2O4. The molecule has 6 nitrogen and oxygen atoms in total. The van der Waals surface area contributed by atoms with Crippen LogP contribution in [0.1, 0.15) is 40.3 Å². The first kappa shape index (κ1) is 26.3. The van der Waals surface area contributed by atoms with E-state index in [1.165, 1.54) is 6.07 Å². The highest BCUT2D eigenvalue weighted by Gasteiger charge is 2.27. The Kier molecular flexibility index (Phi) is 9.08. The molecule has 36 heavy (non-hydrogen) atoms. The highest BCUT2D eigenvalue weighted by molar-refractivity contribution is 6.42. The predicted molar refractivity (Wildman–Crippen MR) is 140 cm³/mol. The highest BCUT2D eigenvalue weighted by atomic mass is 35.5. The van der Waals surface area contributed by atoms with Gasteiger partial charge in [0.25, 0.3) is 5.91 Å². The molecule has 1 saturated heterocycles. The summed E-state index contributed by atoms with van der Waals surface area (Å²) < 4.78 is 11.5. The van der Waals surface area contributed by atoms with Crippen LogP contribution in [-0.2, 0) is 22.5 Å². The molecule has 0 aliphatic carbocycles. The van der Waals surface area contributed by atoms with Crippen molar-refractivity contribution in [2.45, 2.75) is 38.8 Å². The summed E-state index contributed by atoms with van der Waals surface area (Å²) in [5.74, 6) is 1.05. The number of ether oxygens (including phenoxy) is 1. The summed E-state index contributed by atoms with van der Waals surface area (Å²) in [7, 11) is 0. The van der Waals surface area contributed by atoms with Crippen molar-refractivity contribution < 1.29 is 18.7 Å². The van der Waals surface area contributed by atoms with Crippen molar-refractivity contribution in [3.05, 3.63) is 93.4 Å². The third-order valence-electron chi connectivity index (χ3n) is 6.24. The van der Waals surface area contributed by atoms with Gasteiger partial charge in [0.15, 0.2) is 0 Å². The van der Waals surface area contributed by atoms with E-state index in [1.54, 1.807) is 21.9 Å². The van der Waals surface area contributed by atoms with E-state index >= 15 is 0 Å². The highest BCUT2D eigenvalue weighted by Crippen LogP contribution is 2.24. The number of furan rings is 1. The Morgan fingerprint density at radius 2 is 1.81 bits per heavy atom. The first-order valence-electron chi connectivity index (χ1n) is 12.1. The Morgan fingerprint density at radius 1 is 1.00 bits per heavy atom. The van der Waals surface area contributed by atoms with Gasteiger partial charge in [-0.1, -0.05) is 53.5 Å². The third kappa shape index (κ3) is 7.12. The van der Waals surface area contributed by atoms with Crippen LogP contribution < -0.4 is 0 Å². The molecule has 2 heterocycles. The number of rotatable bonds is 10. The van der Waals surface area contributed by atoms with E-state index in [4.69, 9.17) is 32.4 Å². The normalized spacial score (nSPS) is 15.1. The van der Waals surface area contributed by atoms with Crippen molar-refractivity contribution in [2.24, 2.45) is 0 Å². The number of amides is 2. The molecule has 0 bridgehead atoms. The molecular weight excluding hydrogens is 499 g/mol. The summed E-state index contributed by atoms with van der Waals surface area (Å²) in [6.45, 7) is 3.61. The summed E-state index contributed by atoms with van der Waals surface area (Å²) in [6.07, 6.45) is 2.38. The van der Waals surface area contributed by atoms with Crippen molar-refractivity contribution in [1.82, 2.24) is 9.80 Å². The van der Waals surface area contributed by atoms with E-state index in [-0.39, 0.29) is 24.5 Å². The van der Waals surface area contributed by atoms with Gasteiger partial charge >= 0.3 is 0 Å². The minimum Gasteiger partial charge on any atom is -0.464 e. The molecule has 1 aromatic heterocycles. The van der Waals surface area contributed by atoms with Gasteiger partial charge in [0, 0.05) is 25.3 Å². The van der Waals surface area contributed by atoms with Gasteiger partial charge in [0.1, 0.15) is 18.1 Å². The van der Waals surface area contributed by atoms with Gasteiger partial charge < -0.3 is 19.0 Å². The Balaban J connectivity index is 1.53.